The summed E-state index contributed by atoms with van der Waals surface area (Å²) in [5, 5.41) is 10.1. The average molecular weight is 517 g/mol. The van der Waals surface area contributed by atoms with Gasteiger partial charge in [-0.05, 0) is 67.7 Å². The lowest BCUT2D eigenvalue weighted by molar-refractivity contribution is 0.108. The van der Waals surface area contributed by atoms with Gasteiger partial charge in [0.1, 0.15) is 6.61 Å². The van der Waals surface area contributed by atoms with Gasteiger partial charge in [-0.3, -0.25) is 9.93 Å². The molecule has 4 rings (SSSR count). The molecule has 0 bridgehead atoms. The highest BCUT2D eigenvalue weighted by Gasteiger charge is 2.18. The third-order valence-corrected chi connectivity index (χ3v) is 6.14. The number of nitrogens with zero attached hydrogens (tertiary/aromatic N) is 3. The first-order valence-corrected chi connectivity index (χ1v) is 12.1. The maximum Gasteiger partial charge on any atom is 0.293 e. The molecule has 0 saturated carbocycles. The number of hydrogen-bond donors (Lipinski definition) is 3. The second kappa shape index (κ2) is 11.1. The van der Waals surface area contributed by atoms with Crippen LogP contribution in [0.4, 0.5) is 11.6 Å². The molecule has 0 amide bonds. The van der Waals surface area contributed by atoms with E-state index in [0.717, 1.165) is 29.0 Å². The molecule has 5 N–H and O–H groups in total. The van der Waals surface area contributed by atoms with Crippen LogP contribution in [-0.2, 0) is 0 Å². The summed E-state index contributed by atoms with van der Waals surface area (Å²) in [5.41, 5.74) is 6.94. The van der Waals surface area contributed by atoms with E-state index in [1.165, 1.54) is 4.73 Å². The van der Waals surface area contributed by atoms with E-state index in [1.54, 1.807) is 30.5 Å². The molecule has 0 atom stereocenters. The Bertz CT molecular complexity index is 1360. The number of halogens is 2. The summed E-state index contributed by atoms with van der Waals surface area (Å²) in [6, 6.07) is 14.2. The van der Waals surface area contributed by atoms with Crippen molar-refractivity contribution in [3.8, 4) is 11.1 Å². The number of hydrogen-bond acceptors (Lipinski definition) is 8. The topological polar surface area (TPSA) is 121 Å². The number of pyridine rings is 1. The van der Waals surface area contributed by atoms with Crippen LogP contribution in [-0.4, -0.2) is 27.9 Å². The number of unbranched alkanes of at least 4 members (excludes halogenated alkanes) is 1. The molecule has 11 heteroatoms. The summed E-state index contributed by atoms with van der Waals surface area (Å²) in [4.78, 5) is 29.2. The van der Waals surface area contributed by atoms with E-state index in [9.17, 15) is 4.79 Å². The van der Waals surface area contributed by atoms with Gasteiger partial charge in [0.05, 0.1) is 15.6 Å². The minimum absolute atomic E-state index is 0.286. The Morgan fingerprint density at radius 1 is 1.09 bits per heavy atom. The molecular formula is C23H22Cl2N6O2S. The predicted molar refractivity (Wildman–Crippen MR) is 139 cm³/mol. The minimum Gasteiger partial charge on any atom is -0.409 e. The number of rotatable bonds is 9. The Balaban J connectivity index is 1.82. The number of benzene rings is 2. The summed E-state index contributed by atoms with van der Waals surface area (Å²) < 4.78 is 1.17. The number of anilines is 2. The number of nitrogens with two attached hydrogens (primary N) is 2. The van der Waals surface area contributed by atoms with Crippen LogP contribution < -0.4 is 26.6 Å². The fraction of sp³-hybridized carbons (Fsp3) is 0.174. The van der Waals surface area contributed by atoms with Crippen LogP contribution in [0.5, 0.6) is 0 Å². The van der Waals surface area contributed by atoms with E-state index in [0.29, 0.717) is 51.1 Å². The second-order valence-electron chi connectivity index (χ2n) is 7.33. The average Bonchev–Trinajstić information content (AvgIpc) is 2.83. The standard InChI is InChI=1S/C23H22Cl2N6O2S/c24-18-7-4-8-19(25)20(18)17-11-14-13-28-23(29-15-5-3-6-16(12-15)34-27)30-21(14)31(22(17)32)33-10-2-1-9-26/h3-8,11-13H,1-2,9-10,26-27H2,(H,28,29,30). The molecular weight excluding hydrogens is 495 g/mol. The van der Waals surface area contributed by atoms with Crippen molar-refractivity contribution < 1.29 is 4.84 Å². The quantitative estimate of drug-likeness (QED) is 0.217. The minimum atomic E-state index is -0.429. The maximum atomic E-state index is 13.5. The molecule has 34 heavy (non-hydrogen) atoms. The van der Waals surface area contributed by atoms with Crippen molar-refractivity contribution in [3.63, 3.8) is 0 Å². The van der Waals surface area contributed by atoms with Crippen molar-refractivity contribution >= 4 is 57.8 Å². The number of nitrogens with one attached hydrogen (secondary N) is 1. The molecule has 0 radical (unpaired) electrons. The number of fused-ring (bicyclic) bond motifs is 1. The van der Waals surface area contributed by atoms with Crippen molar-refractivity contribution in [2.24, 2.45) is 10.9 Å². The molecule has 0 aliphatic heterocycles. The van der Waals surface area contributed by atoms with Crippen molar-refractivity contribution in [1.82, 2.24) is 14.7 Å². The Morgan fingerprint density at radius 2 is 1.85 bits per heavy atom. The maximum absolute atomic E-state index is 13.5. The summed E-state index contributed by atoms with van der Waals surface area (Å²) in [7, 11) is 0. The van der Waals surface area contributed by atoms with Crippen LogP contribution in [0.25, 0.3) is 22.2 Å². The Labute approximate surface area is 210 Å². The summed E-state index contributed by atoms with van der Waals surface area (Å²) in [5.74, 6) is 0.300. The molecule has 0 spiro atoms. The van der Waals surface area contributed by atoms with E-state index in [4.69, 9.17) is 38.9 Å². The Morgan fingerprint density at radius 3 is 2.59 bits per heavy atom. The van der Waals surface area contributed by atoms with Gasteiger partial charge >= 0.3 is 0 Å². The lowest BCUT2D eigenvalue weighted by Gasteiger charge is -2.15. The molecule has 2 aromatic carbocycles. The predicted octanol–water partition coefficient (Wildman–Crippen LogP) is 4.64. The molecule has 8 nitrogen and oxygen atoms in total. The van der Waals surface area contributed by atoms with Crippen LogP contribution in [0.1, 0.15) is 12.8 Å². The third-order valence-electron chi connectivity index (χ3n) is 4.98. The van der Waals surface area contributed by atoms with Crippen LogP contribution in [0.15, 0.2) is 64.4 Å². The van der Waals surface area contributed by atoms with Gasteiger partial charge in [0.15, 0.2) is 5.65 Å². The van der Waals surface area contributed by atoms with Crippen molar-refractivity contribution in [2.75, 3.05) is 18.5 Å². The molecule has 0 fully saturated rings. The highest BCUT2D eigenvalue weighted by atomic mass is 35.5. The molecule has 176 valence electrons. The lowest BCUT2D eigenvalue weighted by atomic mass is 10.1. The third kappa shape index (κ3) is 5.29. The zero-order valence-corrected chi connectivity index (χ0v) is 20.3. The van der Waals surface area contributed by atoms with Crippen molar-refractivity contribution in [2.45, 2.75) is 17.7 Å². The largest absolute Gasteiger partial charge is 0.409 e. The molecule has 4 aromatic rings. The zero-order valence-electron chi connectivity index (χ0n) is 18.0. The molecule has 2 heterocycles. The first kappa shape index (κ1) is 24.3. The van der Waals surface area contributed by atoms with Crippen LogP contribution >= 0.6 is 35.1 Å². The van der Waals surface area contributed by atoms with Gasteiger partial charge in [-0.25, -0.2) is 4.98 Å². The SMILES string of the molecule is NCCCCOn1c(=O)c(-c2c(Cl)cccc2Cl)cc2cnc(Nc3cccc(SN)c3)nc21. The number of aromatic nitrogens is 3. The summed E-state index contributed by atoms with van der Waals surface area (Å²) >= 11 is 13.9. The summed E-state index contributed by atoms with van der Waals surface area (Å²) in [6.45, 7) is 0.819. The normalized spacial score (nSPS) is 11.1. The molecule has 0 aliphatic carbocycles. The van der Waals surface area contributed by atoms with Gasteiger partial charge in [0, 0.05) is 27.7 Å². The van der Waals surface area contributed by atoms with E-state index in [1.807, 2.05) is 24.3 Å². The molecule has 0 unspecified atom stereocenters. The van der Waals surface area contributed by atoms with Gasteiger partial charge in [-0.2, -0.15) is 4.98 Å². The first-order chi connectivity index (χ1) is 16.5. The van der Waals surface area contributed by atoms with Gasteiger partial charge in [-0.15, -0.1) is 4.73 Å². The van der Waals surface area contributed by atoms with Gasteiger partial charge in [0.25, 0.3) is 5.56 Å². The van der Waals surface area contributed by atoms with Crippen molar-refractivity contribution in [3.05, 3.63) is 75.1 Å². The Hall–Kier alpha value is -2.82. The second-order valence-corrected chi connectivity index (χ2v) is 8.85. The van der Waals surface area contributed by atoms with Crippen LogP contribution in [0.3, 0.4) is 0 Å². The summed E-state index contributed by atoms with van der Waals surface area (Å²) in [6.07, 6.45) is 3.06. The smallest absolute Gasteiger partial charge is 0.293 e. The highest BCUT2D eigenvalue weighted by molar-refractivity contribution is 7.97. The Kier molecular flexibility index (Phi) is 7.91. The van der Waals surface area contributed by atoms with E-state index in [2.05, 4.69) is 15.3 Å². The van der Waals surface area contributed by atoms with Gasteiger partial charge in [-0.1, -0.05) is 35.3 Å². The fourth-order valence-electron chi connectivity index (χ4n) is 3.36. The van der Waals surface area contributed by atoms with Gasteiger partial charge < -0.3 is 15.9 Å². The van der Waals surface area contributed by atoms with E-state index in [-0.39, 0.29) is 6.61 Å². The molecule has 0 aliphatic rings. The fourth-order valence-corrected chi connectivity index (χ4v) is 4.32. The zero-order chi connectivity index (χ0) is 24.1. The first-order valence-electron chi connectivity index (χ1n) is 10.5. The molecule has 0 saturated heterocycles. The monoisotopic (exact) mass is 516 g/mol. The highest BCUT2D eigenvalue weighted by Crippen LogP contribution is 2.34. The van der Waals surface area contributed by atoms with Crippen LogP contribution in [0.2, 0.25) is 10.0 Å². The van der Waals surface area contributed by atoms with Crippen LogP contribution in [0, 0.1) is 0 Å². The van der Waals surface area contributed by atoms with Crippen molar-refractivity contribution in [1.29, 1.82) is 0 Å². The van der Waals surface area contributed by atoms with E-state index < -0.39 is 5.56 Å². The van der Waals surface area contributed by atoms with E-state index >= 15 is 0 Å². The van der Waals surface area contributed by atoms with Gasteiger partial charge in [0.2, 0.25) is 5.95 Å². The lowest BCUT2D eigenvalue weighted by Crippen LogP contribution is -2.30. The molecule has 2 aromatic heterocycles.